The number of hydrogen-bond donors (Lipinski definition) is 1. The van der Waals surface area contributed by atoms with Gasteiger partial charge in [-0.2, -0.15) is 18.3 Å². The van der Waals surface area contributed by atoms with Crippen molar-refractivity contribution < 1.29 is 27.8 Å². The summed E-state index contributed by atoms with van der Waals surface area (Å²) in [7, 11) is 3.79. The monoisotopic (exact) mass is 399 g/mol. The molecule has 1 aromatic heterocycles. The molecule has 6 nitrogen and oxygen atoms in total. The third kappa shape index (κ3) is 6.35. The number of likely N-dealkylation sites (tertiary alicyclic amines) is 1. The van der Waals surface area contributed by atoms with E-state index in [1.807, 2.05) is 25.0 Å². The van der Waals surface area contributed by atoms with Crippen molar-refractivity contribution in [2.45, 2.75) is 37.7 Å². The molecule has 1 aliphatic rings. The van der Waals surface area contributed by atoms with E-state index in [1.54, 1.807) is 0 Å². The lowest BCUT2D eigenvalue weighted by Gasteiger charge is -2.27. The van der Waals surface area contributed by atoms with E-state index in [2.05, 4.69) is 46.5 Å². The Balaban J connectivity index is 0.000000345. The van der Waals surface area contributed by atoms with Gasteiger partial charge in [-0.15, -0.1) is 0 Å². The van der Waals surface area contributed by atoms with E-state index in [0.29, 0.717) is 12.1 Å². The fourth-order valence-corrected chi connectivity index (χ4v) is 3.26. The van der Waals surface area contributed by atoms with Crippen LogP contribution in [0.5, 0.6) is 0 Å². The van der Waals surface area contributed by atoms with Gasteiger partial charge in [0.1, 0.15) is 0 Å². The Hall–Kier alpha value is -2.39. The second kappa shape index (κ2) is 9.70. The molecule has 1 aromatic carbocycles. The molecule has 0 saturated carbocycles. The number of methoxy groups -OCH3 is 1. The van der Waals surface area contributed by atoms with Gasteiger partial charge in [0.05, 0.1) is 12.3 Å². The van der Waals surface area contributed by atoms with Crippen LogP contribution < -0.4 is 0 Å². The van der Waals surface area contributed by atoms with Gasteiger partial charge in [0.25, 0.3) is 0 Å². The average Bonchev–Trinajstić information content (AvgIpc) is 3.22. The second-order valence-corrected chi connectivity index (χ2v) is 6.62. The van der Waals surface area contributed by atoms with Gasteiger partial charge in [-0.1, -0.05) is 30.3 Å². The highest BCUT2D eigenvalue weighted by atomic mass is 19.4. The first-order valence-electron chi connectivity index (χ1n) is 8.79. The highest BCUT2D eigenvalue weighted by Crippen LogP contribution is 2.25. The molecule has 0 radical (unpaired) electrons. The highest BCUT2D eigenvalue weighted by molar-refractivity contribution is 5.73. The topological polar surface area (TPSA) is 67.6 Å². The largest absolute Gasteiger partial charge is 0.490 e. The molecule has 154 valence electrons. The van der Waals surface area contributed by atoms with Crippen LogP contribution in [0.2, 0.25) is 0 Å². The fourth-order valence-electron chi connectivity index (χ4n) is 3.26. The normalized spacial score (nSPS) is 19.9. The predicted molar refractivity (Wildman–Crippen MR) is 96.7 cm³/mol. The zero-order chi connectivity index (χ0) is 20.7. The molecule has 0 unspecified atom stereocenters. The molecule has 0 amide bonds. The Morgan fingerprint density at radius 1 is 1.29 bits per heavy atom. The quantitative estimate of drug-likeness (QED) is 0.838. The molecule has 1 aliphatic heterocycles. The molecule has 2 atom stereocenters. The SMILES string of the molecule is CO[C@@H]1CCN(Cc2cnn(C)c2)[C@H]1Cc1ccccc1.O=C(O)C(F)(F)F. The number of aliphatic carboxylic acids is 1. The second-order valence-electron chi connectivity index (χ2n) is 6.62. The molecular weight excluding hydrogens is 375 g/mol. The lowest BCUT2D eigenvalue weighted by Crippen LogP contribution is -2.37. The predicted octanol–water partition coefficient (Wildman–Crippen LogP) is 2.89. The lowest BCUT2D eigenvalue weighted by molar-refractivity contribution is -0.192. The number of rotatable bonds is 5. The van der Waals surface area contributed by atoms with Crippen molar-refractivity contribution >= 4 is 5.97 Å². The number of alkyl halides is 3. The Kier molecular flexibility index (Phi) is 7.59. The molecule has 1 fully saturated rings. The molecule has 9 heteroatoms. The molecular formula is C19H24F3N3O3. The number of aromatic nitrogens is 2. The van der Waals surface area contributed by atoms with Gasteiger partial charge in [0.2, 0.25) is 0 Å². The number of benzene rings is 1. The summed E-state index contributed by atoms with van der Waals surface area (Å²) in [4.78, 5) is 11.4. The summed E-state index contributed by atoms with van der Waals surface area (Å²) in [5, 5.41) is 11.4. The maximum absolute atomic E-state index is 10.6. The number of carbonyl (C=O) groups is 1. The van der Waals surface area contributed by atoms with Crippen molar-refractivity contribution in [1.82, 2.24) is 14.7 Å². The molecule has 3 rings (SSSR count). The van der Waals surface area contributed by atoms with Crippen LogP contribution in [-0.4, -0.2) is 57.7 Å². The summed E-state index contributed by atoms with van der Waals surface area (Å²) in [6.45, 7) is 2.04. The van der Waals surface area contributed by atoms with E-state index in [4.69, 9.17) is 14.6 Å². The van der Waals surface area contributed by atoms with Gasteiger partial charge < -0.3 is 9.84 Å². The van der Waals surface area contributed by atoms with E-state index in [-0.39, 0.29) is 0 Å². The number of hydrogen-bond acceptors (Lipinski definition) is 4. The smallest absolute Gasteiger partial charge is 0.475 e. The summed E-state index contributed by atoms with van der Waals surface area (Å²) < 4.78 is 39.3. The Bertz CT molecular complexity index is 750. The van der Waals surface area contributed by atoms with Gasteiger partial charge in [-0.05, 0) is 18.4 Å². The molecule has 2 aromatic rings. The van der Waals surface area contributed by atoms with Gasteiger partial charge in [-0.25, -0.2) is 4.79 Å². The van der Waals surface area contributed by atoms with E-state index in [9.17, 15) is 13.2 Å². The van der Waals surface area contributed by atoms with Crippen molar-refractivity contribution in [3.8, 4) is 0 Å². The van der Waals surface area contributed by atoms with E-state index in [0.717, 1.165) is 25.9 Å². The Labute approximate surface area is 161 Å². The van der Waals surface area contributed by atoms with Gasteiger partial charge in [-0.3, -0.25) is 9.58 Å². The van der Waals surface area contributed by atoms with Crippen molar-refractivity contribution in [1.29, 1.82) is 0 Å². The number of carboxylic acids is 1. The molecule has 1 saturated heterocycles. The minimum Gasteiger partial charge on any atom is -0.475 e. The summed E-state index contributed by atoms with van der Waals surface area (Å²) in [5.41, 5.74) is 2.65. The van der Waals surface area contributed by atoms with Gasteiger partial charge in [0, 0.05) is 45.0 Å². The maximum Gasteiger partial charge on any atom is 0.490 e. The summed E-state index contributed by atoms with van der Waals surface area (Å²) >= 11 is 0. The minimum absolute atomic E-state index is 0.321. The molecule has 1 N–H and O–H groups in total. The fraction of sp³-hybridized carbons (Fsp3) is 0.474. The number of carboxylic acid groups (broad SMARTS) is 1. The van der Waals surface area contributed by atoms with E-state index >= 15 is 0 Å². The highest BCUT2D eigenvalue weighted by Gasteiger charge is 2.38. The maximum atomic E-state index is 10.6. The third-order valence-electron chi connectivity index (χ3n) is 4.58. The van der Waals surface area contributed by atoms with Crippen LogP contribution in [0.1, 0.15) is 17.5 Å². The molecule has 0 bridgehead atoms. The van der Waals surface area contributed by atoms with Gasteiger partial charge >= 0.3 is 12.1 Å². The van der Waals surface area contributed by atoms with Crippen molar-refractivity contribution in [3.05, 3.63) is 53.9 Å². The molecule has 0 aliphatic carbocycles. The first kappa shape index (κ1) is 21.9. The van der Waals surface area contributed by atoms with Crippen LogP contribution in [-0.2, 0) is 29.5 Å². The van der Waals surface area contributed by atoms with Crippen LogP contribution in [0.25, 0.3) is 0 Å². The third-order valence-corrected chi connectivity index (χ3v) is 4.58. The molecule has 28 heavy (non-hydrogen) atoms. The van der Waals surface area contributed by atoms with Crippen molar-refractivity contribution in [2.24, 2.45) is 7.05 Å². The average molecular weight is 399 g/mol. The summed E-state index contributed by atoms with van der Waals surface area (Å²) in [6, 6.07) is 11.1. The lowest BCUT2D eigenvalue weighted by atomic mass is 10.0. The van der Waals surface area contributed by atoms with Crippen LogP contribution in [0.15, 0.2) is 42.7 Å². The van der Waals surface area contributed by atoms with E-state index in [1.165, 1.54) is 11.1 Å². The van der Waals surface area contributed by atoms with Gasteiger partial charge in [0.15, 0.2) is 0 Å². The van der Waals surface area contributed by atoms with Crippen LogP contribution >= 0.6 is 0 Å². The Morgan fingerprint density at radius 3 is 2.43 bits per heavy atom. The Morgan fingerprint density at radius 2 is 1.93 bits per heavy atom. The summed E-state index contributed by atoms with van der Waals surface area (Å²) in [5.74, 6) is -2.76. The van der Waals surface area contributed by atoms with Crippen LogP contribution in [0, 0.1) is 0 Å². The minimum atomic E-state index is -5.08. The standard InChI is InChI=1S/C17H23N3O.C2HF3O2/c1-19-12-15(11-18-19)13-20-9-8-17(21-2)16(20)10-14-6-4-3-5-7-14;3-2(4,5)1(6)7/h3-7,11-12,16-17H,8-10,13H2,1-2H3;(H,6,7)/t16-,17+;/m0./s1. The van der Waals surface area contributed by atoms with Crippen LogP contribution in [0.4, 0.5) is 13.2 Å². The summed E-state index contributed by atoms with van der Waals surface area (Å²) in [6.07, 6.45) is 1.44. The zero-order valence-corrected chi connectivity index (χ0v) is 15.8. The van der Waals surface area contributed by atoms with Crippen molar-refractivity contribution in [3.63, 3.8) is 0 Å². The first-order chi connectivity index (χ1) is 13.2. The molecule has 0 spiro atoms. The first-order valence-corrected chi connectivity index (χ1v) is 8.79. The molecule has 2 heterocycles. The zero-order valence-electron chi connectivity index (χ0n) is 15.8. The number of ether oxygens (including phenoxy) is 1. The van der Waals surface area contributed by atoms with Crippen LogP contribution in [0.3, 0.4) is 0 Å². The number of halogens is 3. The number of nitrogens with zero attached hydrogens (tertiary/aromatic N) is 3. The number of aryl methyl sites for hydroxylation is 1. The van der Waals surface area contributed by atoms with E-state index < -0.39 is 12.1 Å². The van der Waals surface area contributed by atoms with Crippen molar-refractivity contribution in [2.75, 3.05) is 13.7 Å².